The van der Waals surface area contributed by atoms with Crippen molar-refractivity contribution in [3.05, 3.63) is 11.6 Å². The number of fused-ring (bicyclic) bond motifs is 4. The van der Waals surface area contributed by atoms with E-state index >= 15 is 0 Å². The highest BCUT2D eigenvalue weighted by Gasteiger charge is 2.58. The fourth-order valence-electron chi connectivity index (χ4n) is 9.76. The molecule has 5 heterocycles. The molecule has 23 atom stereocenters. The van der Waals surface area contributed by atoms with Crippen LogP contribution in [-0.2, 0) is 76.0 Å². The van der Waals surface area contributed by atoms with Gasteiger partial charge in [0.15, 0.2) is 43.5 Å². The van der Waals surface area contributed by atoms with E-state index in [9.17, 15) is 54.9 Å². The third kappa shape index (κ3) is 17.5. The molecule has 0 aromatic heterocycles. The maximum atomic E-state index is 14.1. The Morgan fingerprint density at radius 1 is 0.636 bits per heavy atom. The van der Waals surface area contributed by atoms with Gasteiger partial charge in [-0.3, -0.25) is 14.4 Å². The fourth-order valence-corrected chi connectivity index (χ4v) is 9.76. The number of unbranched alkanes of at least 4 members (excludes halogenated alkanes) is 2. The molecule has 2 bridgehead atoms. The molecule has 23 nitrogen and oxygen atoms in total. The Bertz CT molecular complexity index is 1870. The molecular weight excluding hydrogens is 1020 g/mol. The van der Waals surface area contributed by atoms with Crippen molar-refractivity contribution in [2.75, 3.05) is 6.61 Å². The lowest BCUT2D eigenvalue weighted by Crippen LogP contribution is -2.68. The van der Waals surface area contributed by atoms with E-state index in [1.807, 2.05) is 0 Å². The maximum Gasteiger partial charge on any atom is 0.333 e. The average Bonchev–Trinajstić information content (AvgIpc) is 3.40. The van der Waals surface area contributed by atoms with Gasteiger partial charge in [0.25, 0.3) is 0 Å². The molecule has 0 spiro atoms. The second-order valence-corrected chi connectivity index (χ2v) is 21.7. The standard InChI is InChI=1S/C54H90O23/c1-11-13-19-22-33-23-20-17-15-14-16-18-21-24-35(56)72-46-43(75-51-41(62)40(61)42(31(9)68-51)73-49(64)27(5)12-2)32(10)69-54(47(46)74-50(65)28(6)29(7)55)77-45-39(60)37(58)34(25-66-48(63)26(3)4)71-53(45)76-44-38(59)36(57)30(8)67-52(44)70-33/h12,26,28-34,36-47,51-55,57-62H,11,13-25H2,1-10H3/b27-12+/t28-,29-,30+,31+,32-,33-,34+,36+,37+,38-,39-,40+,41+,42+,43-,44+,45+,46+,47+,51-,52-,53-,54-/m0/s1. The van der Waals surface area contributed by atoms with Crippen LogP contribution in [0.5, 0.6) is 0 Å². The van der Waals surface area contributed by atoms with Gasteiger partial charge in [-0.1, -0.05) is 84.6 Å². The first-order chi connectivity index (χ1) is 36.5. The van der Waals surface area contributed by atoms with Crippen molar-refractivity contribution in [3.8, 4) is 0 Å². The zero-order chi connectivity index (χ0) is 56.8. The van der Waals surface area contributed by atoms with Crippen LogP contribution in [0.2, 0.25) is 0 Å². The van der Waals surface area contributed by atoms with E-state index in [1.165, 1.54) is 40.7 Å². The van der Waals surface area contributed by atoms with E-state index in [4.69, 9.17) is 56.8 Å². The number of hydrogen-bond acceptors (Lipinski definition) is 23. The van der Waals surface area contributed by atoms with Gasteiger partial charge in [0.1, 0.15) is 67.6 Å². The normalized spacial score (nSPS) is 40.3. The lowest BCUT2D eigenvalue weighted by atomic mass is 9.95. The predicted molar refractivity (Wildman–Crippen MR) is 269 cm³/mol. The van der Waals surface area contributed by atoms with E-state index in [-0.39, 0.29) is 18.1 Å². The molecule has 0 amide bonds. The Labute approximate surface area is 452 Å². The molecule has 0 aromatic carbocycles. The van der Waals surface area contributed by atoms with Crippen LogP contribution in [0, 0.1) is 11.8 Å². The summed E-state index contributed by atoms with van der Waals surface area (Å²) in [7, 11) is 0. The minimum absolute atomic E-state index is 0.0973. The van der Waals surface area contributed by atoms with Crippen molar-refractivity contribution < 1.29 is 112 Å². The first kappa shape index (κ1) is 64.8. The van der Waals surface area contributed by atoms with Gasteiger partial charge in [-0.05, 0) is 67.7 Å². The molecule has 0 aliphatic carbocycles. The van der Waals surface area contributed by atoms with Crippen LogP contribution in [0.15, 0.2) is 11.6 Å². The van der Waals surface area contributed by atoms with Crippen LogP contribution < -0.4 is 0 Å². The smallest absolute Gasteiger partial charge is 0.333 e. The average molecular weight is 1110 g/mol. The summed E-state index contributed by atoms with van der Waals surface area (Å²) in [4.78, 5) is 53.5. The van der Waals surface area contributed by atoms with Gasteiger partial charge < -0.3 is 92.6 Å². The summed E-state index contributed by atoms with van der Waals surface area (Å²) in [5, 5.41) is 80.3. The second kappa shape index (κ2) is 30.7. The number of carbonyl (C=O) groups excluding carboxylic acids is 4. The van der Waals surface area contributed by atoms with Gasteiger partial charge >= 0.3 is 23.9 Å². The SMILES string of the molecule is C/C=C(\C)C(=O)O[C@H]1[C@H](O)[C@@H](O)[C@H](O[C@@H]2[C@H]3OC(=O)CCCCCCCCC[C@H](CCCCC)O[C@@H]4O[C@H](C)[C@@H](O)[C@H](O)[C@H]4O[C@@H]4O[C@H](COC(=O)C(C)C)[C@@H](O)[C@H](O)[C@H]4O[C@H](O[C@H]2C)[C@@H]3OC(=O)[C@@H](C)[C@H](C)O)O[C@@H]1C. The van der Waals surface area contributed by atoms with Crippen LogP contribution >= 0.6 is 0 Å². The Hall–Kier alpha value is -2.98. The second-order valence-electron chi connectivity index (χ2n) is 21.7. The lowest BCUT2D eigenvalue weighted by molar-refractivity contribution is -0.399. The van der Waals surface area contributed by atoms with Crippen molar-refractivity contribution in [3.63, 3.8) is 0 Å². The van der Waals surface area contributed by atoms with Crippen LogP contribution in [0.25, 0.3) is 0 Å². The summed E-state index contributed by atoms with van der Waals surface area (Å²) in [5.41, 5.74) is 0.239. The summed E-state index contributed by atoms with van der Waals surface area (Å²) in [6.45, 7) is 15.1. The van der Waals surface area contributed by atoms with Gasteiger partial charge in [-0.15, -0.1) is 0 Å². The van der Waals surface area contributed by atoms with E-state index in [2.05, 4.69) is 6.92 Å². The molecular formula is C54H90O23. The largest absolute Gasteiger partial charge is 0.463 e. The molecule has 444 valence electrons. The van der Waals surface area contributed by atoms with Crippen molar-refractivity contribution in [1.29, 1.82) is 0 Å². The number of hydrogen-bond donors (Lipinski definition) is 7. The van der Waals surface area contributed by atoms with Crippen LogP contribution in [0.1, 0.15) is 153 Å². The summed E-state index contributed by atoms with van der Waals surface area (Å²) in [5.74, 6) is -4.99. The number of rotatable bonds is 14. The van der Waals surface area contributed by atoms with E-state index in [0.29, 0.717) is 25.7 Å². The molecule has 77 heavy (non-hydrogen) atoms. The van der Waals surface area contributed by atoms with Crippen LogP contribution in [-0.4, -0.2) is 201 Å². The third-order valence-corrected chi connectivity index (χ3v) is 15.1. The molecule has 0 unspecified atom stereocenters. The number of aliphatic hydroxyl groups excluding tert-OH is 7. The van der Waals surface area contributed by atoms with Gasteiger partial charge in [0, 0.05) is 12.0 Å². The minimum atomic E-state index is -2.01. The number of ether oxygens (including phenoxy) is 12. The summed E-state index contributed by atoms with van der Waals surface area (Å²) in [6.07, 6.45) is -23.0. The topological polar surface area (TPSA) is 321 Å². The van der Waals surface area contributed by atoms with Gasteiger partial charge in [-0.2, -0.15) is 0 Å². The first-order valence-electron chi connectivity index (χ1n) is 27.9. The predicted octanol–water partition coefficient (Wildman–Crippen LogP) is 2.67. The van der Waals surface area contributed by atoms with E-state index in [0.717, 1.165) is 51.4 Å². The monoisotopic (exact) mass is 1110 g/mol. The molecule has 5 saturated heterocycles. The molecule has 5 rings (SSSR count). The number of carbonyl (C=O) groups is 4. The van der Waals surface area contributed by atoms with Gasteiger partial charge in [0.05, 0.1) is 42.4 Å². The minimum Gasteiger partial charge on any atom is -0.463 e. The molecule has 5 aliphatic rings. The molecule has 0 saturated carbocycles. The number of esters is 4. The highest BCUT2D eigenvalue weighted by molar-refractivity contribution is 5.87. The fraction of sp³-hybridized carbons (Fsp3) is 0.889. The highest BCUT2D eigenvalue weighted by atomic mass is 16.8. The van der Waals surface area contributed by atoms with Crippen molar-refractivity contribution in [2.24, 2.45) is 11.8 Å². The Balaban J connectivity index is 1.60. The highest BCUT2D eigenvalue weighted by Crippen LogP contribution is 2.38. The van der Waals surface area contributed by atoms with Crippen molar-refractivity contribution in [2.45, 2.75) is 288 Å². The third-order valence-electron chi connectivity index (χ3n) is 15.1. The Kier molecular flexibility index (Phi) is 25.9. The summed E-state index contributed by atoms with van der Waals surface area (Å²) >= 11 is 0. The summed E-state index contributed by atoms with van der Waals surface area (Å²) < 4.78 is 74.2. The number of aliphatic hydroxyl groups is 7. The van der Waals surface area contributed by atoms with Crippen LogP contribution in [0.4, 0.5) is 0 Å². The van der Waals surface area contributed by atoms with E-state index < -0.39 is 171 Å². The molecule has 7 N–H and O–H groups in total. The molecule has 23 heteroatoms. The van der Waals surface area contributed by atoms with Crippen LogP contribution in [0.3, 0.4) is 0 Å². The maximum absolute atomic E-state index is 14.1. The first-order valence-corrected chi connectivity index (χ1v) is 27.9. The van der Waals surface area contributed by atoms with Gasteiger partial charge in [0.2, 0.25) is 0 Å². The molecule has 5 fully saturated rings. The molecule has 0 radical (unpaired) electrons. The number of allylic oxidation sites excluding steroid dienone is 1. The Morgan fingerprint density at radius 3 is 1.87 bits per heavy atom. The zero-order valence-corrected chi connectivity index (χ0v) is 46.5. The lowest BCUT2D eigenvalue weighted by Gasteiger charge is -2.50. The summed E-state index contributed by atoms with van der Waals surface area (Å²) in [6, 6.07) is 0. The zero-order valence-electron chi connectivity index (χ0n) is 46.5. The molecule has 5 aliphatic heterocycles. The van der Waals surface area contributed by atoms with Crippen molar-refractivity contribution in [1.82, 2.24) is 0 Å². The van der Waals surface area contributed by atoms with Gasteiger partial charge in [-0.25, -0.2) is 4.79 Å². The molecule has 0 aromatic rings. The van der Waals surface area contributed by atoms with E-state index in [1.54, 1.807) is 27.7 Å². The van der Waals surface area contributed by atoms with Crippen molar-refractivity contribution >= 4 is 23.9 Å². The quantitative estimate of drug-likeness (QED) is 0.0569. The Morgan fingerprint density at radius 2 is 1.23 bits per heavy atom.